The average molecular weight is 254 g/mol. The highest BCUT2D eigenvalue weighted by molar-refractivity contribution is 5.09. The maximum Gasteiger partial charge on any atom is 0.200 e. The molecule has 0 amide bonds. The van der Waals surface area contributed by atoms with Crippen LogP contribution in [0.15, 0.2) is 12.3 Å². The quantitative estimate of drug-likeness (QED) is 0.699. The zero-order valence-electron chi connectivity index (χ0n) is 11.8. The fraction of sp³-hybridized carbons (Fsp3) is 0.692. The molecule has 0 bridgehead atoms. The molecule has 0 N–H and O–H groups in total. The third-order valence-electron chi connectivity index (χ3n) is 2.96. The van der Waals surface area contributed by atoms with Gasteiger partial charge in [0, 0.05) is 27.0 Å². The lowest BCUT2D eigenvalue weighted by Gasteiger charge is -2.27. The van der Waals surface area contributed by atoms with Crippen LogP contribution in [0, 0.1) is 0 Å². The number of hydrogen-bond donors (Lipinski definition) is 0. The molecule has 0 saturated carbocycles. The summed E-state index contributed by atoms with van der Waals surface area (Å²) in [7, 11) is 3.16. The van der Waals surface area contributed by atoms with Crippen LogP contribution in [-0.4, -0.2) is 30.8 Å². The summed E-state index contributed by atoms with van der Waals surface area (Å²) in [5, 5.41) is 0. The first-order chi connectivity index (χ1) is 8.61. The Hall–Kier alpha value is -1.04. The number of rotatable bonds is 7. The Labute approximate surface area is 108 Å². The largest absolute Gasteiger partial charge is 0.368 e. The van der Waals surface area contributed by atoms with Gasteiger partial charge in [0.1, 0.15) is 11.3 Å². The van der Waals surface area contributed by atoms with E-state index >= 15 is 0 Å². The molecule has 1 aromatic rings. The zero-order chi connectivity index (χ0) is 13.6. The fourth-order valence-corrected chi connectivity index (χ4v) is 1.74. The van der Waals surface area contributed by atoms with E-state index in [0.717, 1.165) is 6.42 Å². The highest BCUT2D eigenvalue weighted by Crippen LogP contribution is 2.27. The molecule has 1 rings (SSSR count). The number of nitrogens with zero attached hydrogens (tertiary/aromatic N) is 2. The third-order valence-corrected chi connectivity index (χ3v) is 2.96. The fourth-order valence-electron chi connectivity index (χ4n) is 1.74. The lowest BCUT2D eigenvalue weighted by Crippen LogP contribution is -2.28. The standard InChI is InChI=1S/C13H22N2O3/c1-6-13(3,18-7-2)12-14-9-8-10(15-12)11(16-4)17-5/h8-9,11H,6-7H2,1-5H3. The second kappa shape index (κ2) is 6.78. The minimum Gasteiger partial charge on any atom is -0.368 e. The van der Waals surface area contributed by atoms with Gasteiger partial charge in [-0.15, -0.1) is 0 Å². The Morgan fingerprint density at radius 2 is 1.94 bits per heavy atom. The van der Waals surface area contributed by atoms with Gasteiger partial charge in [0.25, 0.3) is 0 Å². The Balaban J connectivity index is 3.06. The Morgan fingerprint density at radius 1 is 1.28 bits per heavy atom. The topological polar surface area (TPSA) is 53.5 Å². The van der Waals surface area contributed by atoms with Crippen LogP contribution in [0.2, 0.25) is 0 Å². The molecule has 18 heavy (non-hydrogen) atoms. The van der Waals surface area contributed by atoms with E-state index in [-0.39, 0.29) is 0 Å². The van der Waals surface area contributed by atoms with Crippen LogP contribution < -0.4 is 0 Å². The highest BCUT2D eigenvalue weighted by atomic mass is 16.7. The summed E-state index contributed by atoms with van der Waals surface area (Å²) in [6.07, 6.45) is 2.03. The van der Waals surface area contributed by atoms with Crippen molar-refractivity contribution in [3.63, 3.8) is 0 Å². The van der Waals surface area contributed by atoms with Gasteiger partial charge >= 0.3 is 0 Å². The van der Waals surface area contributed by atoms with E-state index in [1.165, 1.54) is 0 Å². The van der Waals surface area contributed by atoms with Crippen molar-refractivity contribution in [1.82, 2.24) is 9.97 Å². The number of aromatic nitrogens is 2. The molecule has 5 heteroatoms. The molecular weight excluding hydrogens is 232 g/mol. The van der Waals surface area contributed by atoms with Gasteiger partial charge in [0.2, 0.25) is 6.29 Å². The van der Waals surface area contributed by atoms with Gasteiger partial charge in [-0.2, -0.15) is 0 Å². The first kappa shape index (κ1) is 15.0. The molecule has 0 aliphatic rings. The van der Waals surface area contributed by atoms with Crippen molar-refractivity contribution in [3.8, 4) is 0 Å². The zero-order valence-corrected chi connectivity index (χ0v) is 11.8. The maximum atomic E-state index is 5.76. The van der Waals surface area contributed by atoms with Crippen LogP contribution in [0.3, 0.4) is 0 Å². The Kier molecular flexibility index (Phi) is 5.65. The summed E-state index contributed by atoms with van der Waals surface area (Å²) in [5.41, 5.74) is 0.223. The number of methoxy groups -OCH3 is 2. The first-order valence-corrected chi connectivity index (χ1v) is 6.14. The highest BCUT2D eigenvalue weighted by Gasteiger charge is 2.29. The maximum absolute atomic E-state index is 5.76. The van der Waals surface area contributed by atoms with Crippen molar-refractivity contribution in [1.29, 1.82) is 0 Å². The monoisotopic (exact) mass is 254 g/mol. The summed E-state index contributed by atoms with van der Waals surface area (Å²) in [4.78, 5) is 8.79. The van der Waals surface area contributed by atoms with E-state index in [9.17, 15) is 0 Å². The van der Waals surface area contributed by atoms with Gasteiger partial charge in [0.15, 0.2) is 5.82 Å². The van der Waals surface area contributed by atoms with Crippen molar-refractivity contribution in [2.75, 3.05) is 20.8 Å². The molecule has 1 aromatic heterocycles. The minimum absolute atomic E-state index is 0.475. The van der Waals surface area contributed by atoms with Gasteiger partial charge in [0.05, 0.1) is 0 Å². The summed E-state index contributed by atoms with van der Waals surface area (Å²) in [6, 6.07) is 1.78. The second-order valence-corrected chi connectivity index (χ2v) is 4.13. The summed E-state index contributed by atoms with van der Waals surface area (Å²) in [5.74, 6) is 0.656. The van der Waals surface area contributed by atoms with Crippen molar-refractivity contribution in [2.45, 2.75) is 39.1 Å². The molecule has 0 aliphatic heterocycles. The average Bonchev–Trinajstić information content (AvgIpc) is 2.41. The van der Waals surface area contributed by atoms with E-state index < -0.39 is 11.9 Å². The van der Waals surface area contributed by atoms with Gasteiger partial charge in [-0.3, -0.25) is 0 Å². The molecule has 102 valence electrons. The molecule has 0 aromatic carbocycles. The van der Waals surface area contributed by atoms with Gasteiger partial charge in [-0.1, -0.05) is 6.92 Å². The molecule has 0 spiro atoms. The smallest absolute Gasteiger partial charge is 0.200 e. The van der Waals surface area contributed by atoms with Crippen molar-refractivity contribution >= 4 is 0 Å². The van der Waals surface area contributed by atoms with E-state index in [1.54, 1.807) is 26.5 Å². The third kappa shape index (κ3) is 3.25. The van der Waals surface area contributed by atoms with Gasteiger partial charge in [-0.05, 0) is 26.3 Å². The summed E-state index contributed by atoms with van der Waals surface area (Å²) < 4.78 is 16.1. The van der Waals surface area contributed by atoms with Crippen LogP contribution in [0.1, 0.15) is 45.0 Å². The Morgan fingerprint density at radius 3 is 2.44 bits per heavy atom. The van der Waals surface area contributed by atoms with E-state index in [2.05, 4.69) is 16.9 Å². The van der Waals surface area contributed by atoms with Crippen molar-refractivity contribution in [2.24, 2.45) is 0 Å². The van der Waals surface area contributed by atoms with Crippen molar-refractivity contribution in [3.05, 3.63) is 23.8 Å². The number of hydrogen-bond acceptors (Lipinski definition) is 5. The molecule has 0 aliphatic carbocycles. The molecule has 0 fully saturated rings. The molecule has 0 saturated heterocycles. The van der Waals surface area contributed by atoms with E-state index in [1.807, 2.05) is 13.8 Å². The SMILES string of the molecule is CCOC(C)(CC)c1nccc(C(OC)OC)n1. The normalized spacial score (nSPS) is 14.8. The lowest BCUT2D eigenvalue weighted by molar-refractivity contribution is -0.109. The molecule has 1 unspecified atom stereocenters. The van der Waals surface area contributed by atoms with Crippen LogP contribution in [-0.2, 0) is 19.8 Å². The molecule has 1 heterocycles. The van der Waals surface area contributed by atoms with Gasteiger partial charge < -0.3 is 14.2 Å². The second-order valence-electron chi connectivity index (χ2n) is 4.13. The Bertz CT molecular complexity index is 369. The number of ether oxygens (including phenoxy) is 3. The summed E-state index contributed by atoms with van der Waals surface area (Å²) in [6.45, 7) is 6.63. The van der Waals surface area contributed by atoms with Gasteiger partial charge in [-0.25, -0.2) is 9.97 Å². The van der Waals surface area contributed by atoms with Crippen LogP contribution >= 0.6 is 0 Å². The summed E-state index contributed by atoms with van der Waals surface area (Å²) >= 11 is 0. The molecule has 5 nitrogen and oxygen atoms in total. The minimum atomic E-state index is -0.477. The van der Waals surface area contributed by atoms with Crippen molar-refractivity contribution < 1.29 is 14.2 Å². The van der Waals surface area contributed by atoms with Crippen LogP contribution in [0.5, 0.6) is 0 Å². The van der Waals surface area contributed by atoms with E-state index in [0.29, 0.717) is 18.1 Å². The van der Waals surface area contributed by atoms with Crippen LogP contribution in [0.4, 0.5) is 0 Å². The molecule has 0 radical (unpaired) electrons. The predicted molar refractivity (Wildman–Crippen MR) is 68.1 cm³/mol. The first-order valence-electron chi connectivity index (χ1n) is 6.14. The molecular formula is C13H22N2O3. The van der Waals surface area contributed by atoms with Crippen LogP contribution in [0.25, 0.3) is 0 Å². The van der Waals surface area contributed by atoms with E-state index in [4.69, 9.17) is 14.2 Å². The predicted octanol–water partition coefficient (Wildman–Crippen LogP) is 2.43. The lowest BCUT2D eigenvalue weighted by atomic mass is 10.0. The molecule has 1 atom stereocenters.